The van der Waals surface area contributed by atoms with Gasteiger partial charge in [-0.25, -0.2) is 9.78 Å². The van der Waals surface area contributed by atoms with Crippen molar-refractivity contribution in [2.75, 3.05) is 6.54 Å². The molecule has 108 valence electrons. The number of nitrogens with one attached hydrogen (secondary N) is 1. The van der Waals surface area contributed by atoms with E-state index < -0.39 is 17.4 Å². The van der Waals surface area contributed by atoms with Gasteiger partial charge in [-0.2, -0.15) is 0 Å². The van der Waals surface area contributed by atoms with E-state index in [1.165, 1.54) is 4.90 Å². The molecule has 1 unspecified atom stereocenters. The van der Waals surface area contributed by atoms with E-state index in [2.05, 4.69) is 9.97 Å². The zero-order chi connectivity index (χ0) is 14.3. The third kappa shape index (κ3) is 1.81. The molecular weight excluding hydrogens is 260 g/mol. The van der Waals surface area contributed by atoms with Crippen LogP contribution in [0.3, 0.4) is 0 Å². The van der Waals surface area contributed by atoms with Gasteiger partial charge in [-0.15, -0.1) is 0 Å². The van der Waals surface area contributed by atoms with Crippen LogP contribution in [0.1, 0.15) is 30.7 Å². The van der Waals surface area contributed by atoms with Gasteiger partial charge in [0.15, 0.2) is 0 Å². The lowest BCUT2D eigenvalue weighted by Crippen LogP contribution is -2.57. The maximum absolute atomic E-state index is 12.7. The highest BCUT2D eigenvalue weighted by atomic mass is 16.4. The number of H-pyrrole nitrogens is 1. The average molecular weight is 278 g/mol. The third-order valence-corrected chi connectivity index (χ3v) is 4.60. The van der Waals surface area contributed by atoms with E-state index in [1.54, 1.807) is 6.33 Å². The number of hydrogen-bond acceptors (Lipinski definition) is 4. The summed E-state index contributed by atoms with van der Waals surface area (Å²) in [6.45, 7) is 0.553. The Kier molecular flexibility index (Phi) is 3.01. The van der Waals surface area contributed by atoms with Gasteiger partial charge in [-0.3, -0.25) is 4.79 Å². The summed E-state index contributed by atoms with van der Waals surface area (Å²) in [4.78, 5) is 32.7. The molecule has 0 aromatic carbocycles. The van der Waals surface area contributed by atoms with E-state index in [4.69, 9.17) is 5.73 Å². The van der Waals surface area contributed by atoms with Crippen molar-refractivity contribution in [3.05, 3.63) is 17.7 Å². The number of nitrogens with two attached hydrogens (primary N) is 1. The van der Waals surface area contributed by atoms with Gasteiger partial charge in [-0.1, -0.05) is 6.42 Å². The average Bonchev–Trinajstić information content (AvgIpc) is 2.83. The molecular formula is C13H18N4O3. The number of aromatic nitrogens is 2. The number of nitrogens with zero attached hydrogens (tertiary/aromatic N) is 2. The molecule has 1 atom stereocenters. The van der Waals surface area contributed by atoms with Crippen LogP contribution in [-0.4, -0.2) is 44.4 Å². The summed E-state index contributed by atoms with van der Waals surface area (Å²) in [5, 5.41) is 9.39. The molecule has 1 fully saturated rings. The summed E-state index contributed by atoms with van der Waals surface area (Å²) in [7, 11) is 0. The van der Waals surface area contributed by atoms with Crippen molar-refractivity contribution in [2.24, 2.45) is 11.1 Å². The molecule has 3 rings (SSSR count). The normalized spacial score (nSPS) is 23.9. The summed E-state index contributed by atoms with van der Waals surface area (Å²) in [5.74, 6) is -1.11. The van der Waals surface area contributed by atoms with E-state index in [0.717, 1.165) is 30.7 Å². The number of aliphatic carboxylic acids is 1. The summed E-state index contributed by atoms with van der Waals surface area (Å²) >= 11 is 0. The number of carbonyl (C=O) groups excluding carboxylic acids is 1. The zero-order valence-electron chi connectivity index (χ0n) is 11.1. The lowest BCUT2D eigenvalue weighted by atomic mass is 9.67. The van der Waals surface area contributed by atoms with Crippen molar-refractivity contribution in [1.29, 1.82) is 0 Å². The molecule has 1 aliphatic heterocycles. The Morgan fingerprint density at radius 3 is 2.85 bits per heavy atom. The summed E-state index contributed by atoms with van der Waals surface area (Å²) in [6, 6.07) is -0.845. The lowest BCUT2D eigenvalue weighted by molar-refractivity contribution is -0.159. The van der Waals surface area contributed by atoms with Crippen LogP contribution in [0.25, 0.3) is 0 Å². The topological polar surface area (TPSA) is 112 Å². The Morgan fingerprint density at radius 1 is 1.55 bits per heavy atom. The fourth-order valence-corrected chi connectivity index (χ4v) is 3.08. The van der Waals surface area contributed by atoms with Gasteiger partial charge < -0.3 is 20.7 Å². The Labute approximate surface area is 116 Å². The molecule has 1 aromatic heterocycles. The fraction of sp³-hybridized carbons (Fsp3) is 0.615. The van der Waals surface area contributed by atoms with Gasteiger partial charge in [-0.05, 0) is 12.8 Å². The second kappa shape index (κ2) is 4.59. The third-order valence-electron chi connectivity index (χ3n) is 4.60. The molecule has 4 N–H and O–H groups in total. The highest BCUT2D eigenvalue weighted by molar-refractivity contribution is 5.89. The maximum atomic E-state index is 12.7. The molecule has 7 nitrogen and oxygen atoms in total. The minimum atomic E-state index is -0.988. The minimum Gasteiger partial charge on any atom is -0.480 e. The second-order valence-electron chi connectivity index (χ2n) is 5.66. The smallest absolute Gasteiger partial charge is 0.326 e. The molecule has 1 saturated carbocycles. The van der Waals surface area contributed by atoms with Crippen LogP contribution >= 0.6 is 0 Å². The number of carboxylic acid groups (broad SMARTS) is 1. The first-order valence-corrected chi connectivity index (χ1v) is 6.82. The van der Waals surface area contributed by atoms with Crippen molar-refractivity contribution >= 4 is 11.9 Å². The highest BCUT2D eigenvalue weighted by Gasteiger charge is 2.48. The number of amides is 1. The largest absolute Gasteiger partial charge is 0.480 e. The lowest BCUT2D eigenvalue weighted by Gasteiger charge is -2.45. The summed E-state index contributed by atoms with van der Waals surface area (Å²) in [6.07, 6.45) is 4.27. The first-order chi connectivity index (χ1) is 9.57. The van der Waals surface area contributed by atoms with Gasteiger partial charge >= 0.3 is 5.97 Å². The molecule has 0 radical (unpaired) electrons. The van der Waals surface area contributed by atoms with Crippen molar-refractivity contribution in [3.63, 3.8) is 0 Å². The second-order valence-corrected chi connectivity index (χ2v) is 5.66. The molecule has 1 aliphatic carbocycles. The number of hydrogen-bond donors (Lipinski definition) is 3. The molecule has 2 aliphatic rings. The Hall–Kier alpha value is -1.89. The number of fused-ring (bicyclic) bond motifs is 1. The van der Waals surface area contributed by atoms with Crippen LogP contribution in [0.5, 0.6) is 0 Å². The molecule has 20 heavy (non-hydrogen) atoms. The SMILES string of the molecule is NCC1(C(=O)N2Cc3[nH]cnc3CC2C(=O)O)CCC1. The summed E-state index contributed by atoms with van der Waals surface area (Å²) < 4.78 is 0. The molecule has 7 heteroatoms. The van der Waals surface area contributed by atoms with Gasteiger partial charge in [0.05, 0.1) is 29.7 Å². The molecule has 0 spiro atoms. The minimum absolute atomic E-state index is 0.126. The Bertz CT molecular complexity index is 544. The van der Waals surface area contributed by atoms with Crippen LogP contribution in [0.2, 0.25) is 0 Å². The first-order valence-electron chi connectivity index (χ1n) is 6.82. The van der Waals surface area contributed by atoms with Crippen molar-refractivity contribution < 1.29 is 14.7 Å². The highest BCUT2D eigenvalue weighted by Crippen LogP contribution is 2.42. The van der Waals surface area contributed by atoms with Crippen LogP contribution in [0, 0.1) is 5.41 Å². The maximum Gasteiger partial charge on any atom is 0.326 e. The molecule has 1 aromatic rings. The monoisotopic (exact) mass is 278 g/mol. The molecule has 0 bridgehead atoms. The number of rotatable bonds is 3. The Balaban J connectivity index is 1.90. The number of carbonyl (C=O) groups is 2. The molecule has 0 saturated heterocycles. The quantitative estimate of drug-likeness (QED) is 0.713. The van der Waals surface area contributed by atoms with Crippen molar-refractivity contribution in [2.45, 2.75) is 38.3 Å². The van der Waals surface area contributed by atoms with Crippen LogP contribution in [0.15, 0.2) is 6.33 Å². The van der Waals surface area contributed by atoms with Crippen LogP contribution in [0.4, 0.5) is 0 Å². The molecule has 1 amide bonds. The zero-order valence-corrected chi connectivity index (χ0v) is 11.1. The van der Waals surface area contributed by atoms with Gasteiger partial charge in [0.2, 0.25) is 5.91 Å². The predicted molar refractivity (Wildman–Crippen MR) is 69.6 cm³/mol. The van der Waals surface area contributed by atoms with Crippen LogP contribution in [-0.2, 0) is 22.6 Å². The Morgan fingerprint density at radius 2 is 2.30 bits per heavy atom. The standard InChI is InChI=1S/C13H18N4O3/c14-6-13(2-1-3-13)12(20)17-5-9-8(15-7-16-9)4-10(17)11(18)19/h7,10H,1-6,14H2,(H,15,16)(H,18,19). The van der Waals surface area contributed by atoms with E-state index in [0.29, 0.717) is 0 Å². The first kappa shape index (κ1) is 13.1. The fourth-order valence-electron chi connectivity index (χ4n) is 3.08. The summed E-state index contributed by atoms with van der Waals surface area (Å²) in [5.41, 5.74) is 6.76. The van der Waals surface area contributed by atoms with E-state index in [9.17, 15) is 14.7 Å². The number of carboxylic acids is 1. The van der Waals surface area contributed by atoms with E-state index >= 15 is 0 Å². The van der Waals surface area contributed by atoms with E-state index in [-0.39, 0.29) is 25.4 Å². The number of imidazole rings is 1. The predicted octanol–water partition coefficient (Wildman–Crippen LogP) is -0.123. The van der Waals surface area contributed by atoms with Crippen molar-refractivity contribution in [1.82, 2.24) is 14.9 Å². The van der Waals surface area contributed by atoms with Gasteiger partial charge in [0.25, 0.3) is 0 Å². The number of aromatic amines is 1. The van der Waals surface area contributed by atoms with Crippen LogP contribution < -0.4 is 5.73 Å². The van der Waals surface area contributed by atoms with Gasteiger partial charge in [0.1, 0.15) is 6.04 Å². The van der Waals surface area contributed by atoms with E-state index in [1.807, 2.05) is 0 Å². The van der Waals surface area contributed by atoms with Gasteiger partial charge in [0, 0.05) is 13.0 Å². The molecule has 2 heterocycles. The van der Waals surface area contributed by atoms with Crippen molar-refractivity contribution in [3.8, 4) is 0 Å².